The molecule has 118 valence electrons. The minimum Gasteiger partial charge on any atom is -0.387 e. The number of rotatable bonds is 3. The van der Waals surface area contributed by atoms with Gasteiger partial charge in [0.05, 0.1) is 0 Å². The van der Waals surface area contributed by atoms with Gasteiger partial charge in [0.1, 0.15) is 23.4 Å². The predicted octanol–water partition coefficient (Wildman–Crippen LogP) is 1.87. The molecule has 0 saturated heterocycles. The normalized spacial score (nSPS) is 37.5. The van der Waals surface area contributed by atoms with Gasteiger partial charge in [0.2, 0.25) is 0 Å². The van der Waals surface area contributed by atoms with Gasteiger partial charge in [-0.1, -0.05) is 48.6 Å². The molecule has 4 atom stereocenters. The van der Waals surface area contributed by atoms with E-state index in [1.165, 1.54) is 0 Å². The Bertz CT molecular complexity index is 611. The molecule has 4 heteroatoms. The average Bonchev–Trinajstić information content (AvgIpc) is 3.09. The topological polar surface area (TPSA) is 58.9 Å². The molecule has 0 amide bonds. The Kier molecular flexibility index (Phi) is 3.73. The molecular formula is C18H22O4. The van der Waals surface area contributed by atoms with Crippen LogP contribution in [-0.2, 0) is 20.7 Å². The summed E-state index contributed by atoms with van der Waals surface area (Å²) in [7, 11) is 3.12. The van der Waals surface area contributed by atoms with Crippen LogP contribution >= 0.6 is 0 Å². The molecule has 0 heterocycles. The lowest BCUT2D eigenvalue weighted by Crippen LogP contribution is -2.62. The minimum atomic E-state index is -1.12. The highest BCUT2D eigenvalue weighted by Gasteiger charge is 2.59. The van der Waals surface area contributed by atoms with Crippen molar-refractivity contribution in [3.05, 3.63) is 59.7 Å². The van der Waals surface area contributed by atoms with Gasteiger partial charge in [-0.25, -0.2) is 0 Å². The van der Waals surface area contributed by atoms with Crippen LogP contribution in [0.4, 0.5) is 0 Å². The molecular weight excluding hydrogens is 280 g/mol. The molecule has 2 N–H and O–H groups in total. The fraction of sp³-hybridized carbons (Fsp3) is 0.444. The molecule has 22 heavy (non-hydrogen) atoms. The van der Waals surface area contributed by atoms with Gasteiger partial charge in [-0.05, 0) is 18.1 Å². The van der Waals surface area contributed by atoms with Crippen molar-refractivity contribution < 1.29 is 19.7 Å². The second kappa shape index (κ2) is 5.32. The maximum absolute atomic E-state index is 10.9. The van der Waals surface area contributed by atoms with Crippen LogP contribution in [0.1, 0.15) is 18.1 Å². The number of fused-ring (bicyclic) bond motifs is 1. The zero-order valence-corrected chi connectivity index (χ0v) is 13.1. The van der Waals surface area contributed by atoms with E-state index in [0.717, 1.165) is 11.1 Å². The number of aliphatic hydroxyl groups is 2. The quantitative estimate of drug-likeness (QED) is 0.895. The third-order valence-corrected chi connectivity index (χ3v) is 5.19. The lowest BCUT2D eigenvalue weighted by molar-refractivity contribution is -0.227. The lowest BCUT2D eigenvalue weighted by Gasteiger charge is -2.52. The monoisotopic (exact) mass is 302 g/mol. The Morgan fingerprint density at radius 3 is 2.05 bits per heavy atom. The van der Waals surface area contributed by atoms with Gasteiger partial charge in [0, 0.05) is 20.1 Å². The first-order valence-electron chi connectivity index (χ1n) is 7.43. The number of ether oxygens (including phenoxy) is 2. The van der Waals surface area contributed by atoms with E-state index in [2.05, 4.69) is 0 Å². The van der Waals surface area contributed by atoms with Crippen LogP contribution in [0.5, 0.6) is 0 Å². The van der Waals surface area contributed by atoms with E-state index in [9.17, 15) is 10.2 Å². The summed E-state index contributed by atoms with van der Waals surface area (Å²) in [6, 6.07) is 7.67. The third-order valence-electron chi connectivity index (χ3n) is 5.19. The molecule has 0 aliphatic heterocycles. The molecule has 1 aromatic carbocycles. The first-order valence-corrected chi connectivity index (χ1v) is 7.43. The summed E-state index contributed by atoms with van der Waals surface area (Å²) < 4.78 is 11.4. The number of hydrogen-bond acceptors (Lipinski definition) is 4. The Hall–Kier alpha value is -1.46. The second-order valence-electron chi connectivity index (χ2n) is 6.04. The molecule has 0 bridgehead atoms. The summed E-state index contributed by atoms with van der Waals surface area (Å²) in [5.41, 5.74) is -0.326. The zero-order chi connectivity index (χ0) is 16.0. The van der Waals surface area contributed by atoms with Gasteiger partial charge in [-0.2, -0.15) is 0 Å². The molecule has 0 saturated carbocycles. The minimum absolute atomic E-state index is 0.148. The second-order valence-corrected chi connectivity index (χ2v) is 6.04. The molecule has 0 radical (unpaired) electrons. The Morgan fingerprint density at radius 2 is 1.50 bits per heavy atom. The van der Waals surface area contributed by atoms with E-state index in [-0.39, 0.29) is 5.92 Å². The van der Waals surface area contributed by atoms with Crippen LogP contribution in [0.3, 0.4) is 0 Å². The van der Waals surface area contributed by atoms with Crippen LogP contribution in [0, 0.1) is 5.92 Å². The molecule has 0 fully saturated rings. The van der Waals surface area contributed by atoms with Crippen molar-refractivity contribution >= 4 is 0 Å². The van der Waals surface area contributed by atoms with Gasteiger partial charge < -0.3 is 19.7 Å². The van der Waals surface area contributed by atoms with Crippen LogP contribution in [0.25, 0.3) is 0 Å². The Morgan fingerprint density at radius 1 is 0.909 bits per heavy atom. The molecule has 0 spiro atoms. The smallest absolute Gasteiger partial charge is 0.131 e. The van der Waals surface area contributed by atoms with E-state index in [1.54, 1.807) is 21.1 Å². The number of hydrogen-bond donors (Lipinski definition) is 2. The van der Waals surface area contributed by atoms with Crippen molar-refractivity contribution in [2.45, 2.75) is 30.3 Å². The molecule has 0 aromatic heterocycles. The van der Waals surface area contributed by atoms with E-state index < -0.39 is 23.4 Å². The largest absolute Gasteiger partial charge is 0.387 e. The summed E-state index contributed by atoms with van der Waals surface area (Å²) in [4.78, 5) is 0. The zero-order valence-electron chi connectivity index (χ0n) is 13.1. The van der Waals surface area contributed by atoms with Crippen molar-refractivity contribution in [1.82, 2.24) is 0 Å². The van der Waals surface area contributed by atoms with Crippen molar-refractivity contribution in [3.8, 4) is 0 Å². The fourth-order valence-electron chi connectivity index (χ4n) is 3.80. The van der Waals surface area contributed by atoms with E-state index in [0.29, 0.717) is 0 Å². The highest BCUT2D eigenvalue weighted by Crippen LogP contribution is 2.51. The standard InChI is InChI=1S/C18H22O4/c1-17(21-2)13-10-6-7-11-14(13)18(22-3,16(20)15(17)19)12-8-4-5-9-12/h4-12,15-16,19-20H,1-3H3/t15-,16+,17+,18-/m0/s1. The third kappa shape index (κ3) is 1.78. The highest BCUT2D eigenvalue weighted by atomic mass is 16.5. The van der Waals surface area contributed by atoms with Gasteiger partial charge in [0.15, 0.2) is 0 Å². The molecule has 2 aliphatic carbocycles. The Labute approximate surface area is 130 Å². The molecule has 3 rings (SSSR count). The van der Waals surface area contributed by atoms with Crippen molar-refractivity contribution in [2.24, 2.45) is 5.92 Å². The molecule has 2 aliphatic rings. The summed E-state index contributed by atoms with van der Waals surface area (Å²) in [6.45, 7) is 1.79. The van der Waals surface area contributed by atoms with Gasteiger partial charge in [0.25, 0.3) is 0 Å². The maximum atomic E-state index is 10.9. The van der Waals surface area contributed by atoms with Crippen LogP contribution in [-0.4, -0.2) is 36.6 Å². The number of benzene rings is 1. The summed E-state index contributed by atoms with van der Waals surface area (Å²) in [5.74, 6) is -0.148. The Balaban J connectivity index is 2.29. The van der Waals surface area contributed by atoms with E-state index >= 15 is 0 Å². The number of allylic oxidation sites excluding steroid dienone is 2. The predicted molar refractivity (Wildman–Crippen MR) is 83.3 cm³/mol. The summed E-state index contributed by atoms with van der Waals surface area (Å²) in [5, 5.41) is 21.7. The van der Waals surface area contributed by atoms with Gasteiger partial charge in [-0.3, -0.25) is 0 Å². The maximum Gasteiger partial charge on any atom is 0.131 e. The highest BCUT2D eigenvalue weighted by molar-refractivity contribution is 5.45. The van der Waals surface area contributed by atoms with Gasteiger partial charge in [-0.15, -0.1) is 0 Å². The van der Waals surface area contributed by atoms with Crippen molar-refractivity contribution in [2.75, 3.05) is 14.2 Å². The van der Waals surface area contributed by atoms with Gasteiger partial charge >= 0.3 is 0 Å². The van der Waals surface area contributed by atoms with Crippen LogP contribution < -0.4 is 0 Å². The number of methoxy groups -OCH3 is 2. The SMILES string of the molecule is CO[C@@]1(C2C=CC=C2)c2ccccc2[C@@](C)(OC)[C@@H](O)[C@H]1O. The first kappa shape index (κ1) is 15.4. The molecule has 0 unspecified atom stereocenters. The van der Waals surface area contributed by atoms with E-state index in [1.807, 2.05) is 48.6 Å². The van der Waals surface area contributed by atoms with Crippen molar-refractivity contribution in [3.63, 3.8) is 0 Å². The van der Waals surface area contributed by atoms with Crippen LogP contribution in [0.2, 0.25) is 0 Å². The fourth-order valence-corrected chi connectivity index (χ4v) is 3.80. The average molecular weight is 302 g/mol. The summed E-state index contributed by atoms with van der Waals surface area (Å²) in [6.07, 6.45) is 5.59. The molecule has 4 nitrogen and oxygen atoms in total. The molecule has 1 aromatic rings. The van der Waals surface area contributed by atoms with Crippen molar-refractivity contribution in [1.29, 1.82) is 0 Å². The van der Waals surface area contributed by atoms with Crippen LogP contribution in [0.15, 0.2) is 48.6 Å². The first-order chi connectivity index (χ1) is 10.5. The van der Waals surface area contributed by atoms with E-state index in [4.69, 9.17) is 9.47 Å². The summed E-state index contributed by atoms with van der Waals surface area (Å²) >= 11 is 0. The number of aliphatic hydroxyl groups excluding tert-OH is 2. The lowest BCUT2D eigenvalue weighted by atomic mass is 9.64.